The van der Waals surface area contributed by atoms with Gasteiger partial charge in [-0.05, 0) is 42.9 Å². The van der Waals surface area contributed by atoms with Gasteiger partial charge in [-0.25, -0.2) is 4.98 Å². The quantitative estimate of drug-likeness (QED) is 0.141. The third kappa shape index (κ3) is 10.2. The van der Waals surface area contributed by atoms with E-state index in [4.69, 9.17) is 0 Å². The zero-order chi connectivity index (χ0) is 29.6. The predicted octanol–water partition coefficient (Wildman–Crippen LogP) is 4.26. The van der Waals surface area contributed by atoms with E-state index >= 15 is 0 Å². The molecule has 3 rings (SSSR count). The van der Waals surface area contributed by atoms with E-state index in [0.29, 0.717) is 24.6 Å². The molecule has 1 aliphatic carbocycles. The summed E-state index contributed by atoms with van der Waals surface area (Å²) in [6.07, 6.45) is 12.2. The van der Waals surface area contributed by atoms with Crippen molar-refractivity contribution in [1.82, 2.24) is 20.6 Å². The summed E-state index contributed by atoms with van der Waals surface area (Å²) in [6, 6.07) is 7.54. The molecule has 2 heterocycles. The van der Waals surface area contributed by atoms with Gasteiger partial charge in [-0.15, -0.1) is 0 Å². The number of aromatic nitrogens is 2. The fraction of sp³-hybridized carbons (Fsp3) is 0.533. The van der Waals surface area contributed by atoms with Crippen LogP contribution in [0.2, 0.25) is 0 Å². The van der Waals surface area contributed by atoms with Crippen LogP contribution in [0.5, 0.6) is 0 Å². The Kier molecular flexibility index (Phi) is 12.7. The van der Waals surface area contributed by atoms with Crippen molar-refractivity contribution < 1.29 is 19.6 Å². The predicted molar refractivity (Wildman–Crippen MR) is 157 cm³/mol. The number of amides is 2. The molecule has 0 bridgehead atoms. The van der Waals surface area contributed by atoms with Gasteiger partial charge < -0.3 is 21.1 Å². The fourth-order valence-corrected chi connectivity index (χ4v) is 5.23. The highest BCUT2D eigenvalue weighted by atomic mass is 16.6. The minimum atomic E-state index is -0.892. The average molecular weight is 567 g/mol. The third-order valence-corrected chi connectivity index (χ3v) is 7.56. The molecule has 4 N–H and O–H groups in total. The van der Waals surface area contributed by atoms with Crippen molar-refractivity contribution >= 4 is 23.3 Å². The van der Waals surface area contributed by atoms with E-state index in [1.165, 1.54) is 24.8 Å². The molecule has 2 aromatic rings. The Morgan fingerprint density at radius 2 is 1.80 bits per heavy atom. The second-order valence-corrected chi connectivity index (χ2v) is 10.9. The lowest BCUT2D eigenvalue weighted by molar-refractivity contribution is -0.384. The lowest BCUT2D eigenvalue weighted by Crippen LogP contribution is -2.47. The molecular formula is C30H42N6O5. The van der Waals surface area contributed by atoms with E-state index < -0.39 is 23.0 Å². The number of carbonyl (C=O) groups is 2. The van der Waals surface area contributed by atoms with Crippen molar-refractivity contribution in [2.45, 2.75) is 70.9 Å². The van der Waals surface area contributed by atoms with Gasteiger partial charge >= 0.3 is 5.69 Å². The van der Waals surface area contributed by atoms with Gasteiger partial charge in [-0.2, -0.15) is 0 Å². The molecule has 0 radical (unpaired) electrons. The van der Waals surface area contributed by atoms with Gasteiger partial charge in [0.15, 0.2) is 0 Å². The summed E-state index contributed by atoms with van der Waals surface area (Å²) in [4.78, 5) is 44.7. The van der Waals surface area contributed by atoms with Gasteiger partial charge in [0.2, 0.25) is 11.7 Å². The first-order chi connectivity index (χ1) is 19.8. The lowest BCUT2D eigenvalue weighted by atomic mass is 9.81. The van der Waals surface area contributed by atoms with Crippen LogP contribution in [-0.2, 0) is 4.79 Å². The van der Waals surface area contributed by atoms with Gasteiger partial charge in [0.25, 0.3) is 5.91 Å². The zero-order valence-electron chi connectivity index (χ0n) is 23.9. The monoisotopic (exact) mass is 566 g/mol. The number of hydrogen-bond donors (Lipinski definition) is 4. The van der Waals surface area contributed by atoms with Gasteiger partial charge in [0.1, 0.15) is 5.69 Å². The largest absolute Gasteiger partial charge is 0.391 e. The van der Waals surface area contributed by atoms with E-state index in [9.17, 15) is 24.8 Å². The van der Waals surface area contributed by atoms with Crippen LogP contribution in [0.4, 0.5) is 11.5 Å². The van der Waals surface area contributed by atoms with Gasteiger partial charge in [-0.1, -0.05) is 64.2 Å². The highest BCUT2D eigenvalue weighted by Crippen LogP contribution is 2.30. The first-order valence-corrected chi connectivity index (χ1v) is 14.4. The van der Waals surface area contributed by atoms with E-state index in [1.54, 1.807) is 36.5 Å². The van der Waals surface area contributed by atoms with E-state index in [2.05, 4.69) is 25.9 Å². The number of carbonyl (C=O) groups excluding carboxylic acids is 2. The molecule has 1 saturated carbocycles. The molecule has 1 aliphatic rings. The minimum Gasteiger partial charge on any atom is -0.391 e. The van der Waals surface area contributed by atoms with Crippen molar-refractivity contribution in [2.75, 3.05) is 18.4 Å². The lowest BCUT2D eigenvalue weighted by Gasteiger charge is -2.32. The molecular weight excluding hydrogens is 524 g/mol. The number of nitro groups is 1. The molecule has 1 fully saturated rings. The second-order valence-electron chi connectivity index (χ2n) is 10.9. The Morgan fingerprint density at radius 3 is 2.49 bits per heavy atom. The molecule has 2 aromatic heterocycles. The molecule has 3 atom stereocenters. The number of nitrogens with one attached hydrogen (secondary N) is 3. The highest BCUT2D eigenvalue weighted by molar-refractivity contribution is 5.92. The van der Waals surface area contributed by atoms with Crippen LogP contribution in [0, 0.1) is 27.9 Å². The molecule has 0 saturated heterocycles. The number of nitrogens with zero attached hydrogens (tertiary/aromatic N) is 3. The molecule has 41 heavy (non-hydrogen) atoms. The Labute approximate surface area is 241 Å². The van der Waals surface area contributed by atoms with Crippen LogP contribution in [0.1, 0.15) is 69.3 Å². The number of hydrogen-bond acceptors (Lipinski definition) is 8. The van der Waals surface area contributed by atoms with Crippen LogP contribution in [0.25, 0.3) is 0 Å². The first-order valence-electron chi connectivity index (χ1n) is 14.4. The van der Waals surface area contributed by atoms with Gasteiger partial charge in [-0.3, -0.25) is 24.7 Å². The molecule has 2 amide bonds. The number of pyridine rings is 2. The number of aliphatic hydroxyl groups is 1. The van der Waals surface area contributed by atoms with Crippen molar-refractivity contribution in [3.8, 4) is 0 Å². The van der Waals surface area contributed by atoms with Crippen molar-refractivity contribution in [2.24, 2.45) is 17.8 Å². The highest BCUT2D eigenvalue weighted by Gasteiger charge is 2.32. The number of anilines is 1. The van der Waals surface area contributed by atoms with Crippen molar-refractivity contribution in [1.29, 1.82) is 0 Å². The van der Waals surface area contributed by atoms with Gasteiger partial charge in [0, 0.05) is 37.5 Å². The Bertz CT molecular complexity index is 1150. The first kappa shape index (κ1) is 31.7. The minimum absolute atomic E-state index is 0.0261. The Hall–Kier alpha value is -3.86. The third-order valence-electron chi connectivity index (χ3n) is 7.56. The summed E-state index contributed by atoms with van der Waals surface area (Å²) >= 11 is 0. The van der Waals surface area contributed by atoms with Crippen molar-refractivity contribution in [3.63, 3.8) is 0 Å². The molecule has 11 heteroatoms. The summed E-state index contributed by atoms with van der Waals surface area (Å²) in [7, 11) is 0. The van der Waals surface area contributed by atoms with E-state index in [-0.39, 0.29) is 42.2 Å². The molecule has 0 aromatic carbocycles. The Balaban J connectivity index is 1.55. The average Bonchev–Trinajstić information content (AvgIpc) is 2.98. The van der Waals surface area contributed by atoms with Crippen molar-refractivity contribution in [3.05, 3.63) is 70.7 Å². The van der Waals surface area contributed by atoms with E-state index in [1.807, 2.05) is 13.8 Å². The summed E-state index contributed by atoms with van der Waals surface area (Å²) in [5.74, 6) is -0.381. The van der Waals surface area contributed by atoms with Crippen LogP contribution in [-0.4, -0.2) is 57.0 Å². The normalized spacial score (nSPS) is 16.2. The molecule has 0 aliphatic heterocycles. The SMILES string of the molecule is CC(C)C(CC(O)C(CC1CCCCC1)NC(=O)c1ccccn1)C(=O)NCC=CCNc1ncccc1[N+](=O)[O-]. The molecule has 11 nitrogen and oxygen atoms in total. The van der Waals surface area contributed by atoms with Crippen LogP contribution in [0.15, 0.2) is 54.9 Å². The number of rotatable bonds is 15. The summed E-state index contributed by atoms with van der Waals surface area (Å²) in [5.41, 5.74) is 0.191. The van der Waals surface area contributed by atoms with Crippen LogP contribution < -0.4 is 16.0 Å². The van der Waals surface area contributed by atoms with E-state index in [0.717, 1.165) is 25.7 Å². The van der Waals surface area contributed by atoms with Crippen LogP contribution >= 0.6 is 0 Å². The van der Waals surface area contributed by atoms with Crippen LogP contribution in [0.3, 0.4) is 0 Å². The second kappa shape index (κ2) is 16.4. The maximum atomic E-state index is 13.1. The van der Waals surface area contributed by atoms with Gasteiger partial charge in [0.05, 0.1) is 17.1 Å². The smallest absolute Gasteiger partial charge is 0.311 e. The maximum absolute atomic E-state index is 13.1. The molecule has 3 unspecified atom stereocenters. The number of aliphatic hydroxyl groups excluding tert-OH is 1. The maximum Gasteiger partial charge on any atom is 0.311 e. The molecule has 222 valence electrons. The standard InChI is InChI=1S/C30H42N6O5/c1-21(2)23(29(38)34-17-9-8-16-32-28-26(36(40)41)14-10-18-33-28)20-27(37)25(19-22-11-4-3-5-12-22)35-30(39)24-13-6-7-15-31-24/h6-10,13-15,18,21-23,25,27,37H,3-5,11-12,16-17,19-20H2,1-2H3,(H,32,33)(H,34,38)(H,35,39). The zero-order valence-corrected chi connectivity index (χ0v) is 23.9. The molecule has 0 spiro atoms. The topological polar surface area (TPSA) is 159 Å². The fourth-order valence-electron chi connectivity index (χ4n) is 5.23. The summed E-state index contributed by atoms with van der Waals surface area (Å²) in [6.45, 7) is 4.46. The summed E-state index contributed by atoms with van der Waals surface area (Å²) in [5, 5.41) is 31.2. The summed E-state index contributed by atoms with van der Waals surface area (Å²) < 4.78 is 0. The Morgan fingerprint density at radius 1 is 1.07 bits per heavy atom.